The van der Waals surface area contributed by atoms with E-state index in [-0.39, 0.29) is 30.1 Å². The zero-order valence-electron chi connectivity index (χ0n) is 20.6. The first-order valence-corrected chi connectivity index (χ1v) is 12.6. The van der Waals surface area contributed by atoms with Gasteiger partial charge in [-0.3, -0.25) is 9.63 Å². The van der Waals surface area contributed by atoms with Crippen LogP contribution in [0.5, 0.6) is 0 Å². The Bertz CT molecular complexity index is 1090. The van der Waals surface area contributed by atoms with Crippen LogP contribution in [-0.2, 0) is 43.7 Å². The number of nitrogens with zero attached hydrogens (tertiary/aromatic N) is 1. The van der Waals surface area contributed by atoms with Crippen molar-refractivity contribution < 1.29 is 23.8 Å². The molecule has 0 N–H and O–H groups in total. The van der Waals surface area contributed by atoms with Crippen LogP contribution in [0.3, 0.4) is 0 Å². The molecule has 6 nitrogen and oxygen atoms in total. The maximum Gasteiger partial charge on any atom is 0.160 e. The highest BCUT2D eigenvalue weighted by atomic mass is 16.7. The first-order valence-electron chi connectivity index (χ1n) is 12.6. The minimum Gasteiger partial charge on any atom is -0.375 e. The fourth-order valence-corrected chi connectivity index (χ4v) is 5.00. The van der Waals surface area contributed by atoms with Crippen LogP contribution in [0.15, 0.2) is 91.0 Å². The number of fused-ring (bicyclic) bond motifs is 1. The second-order valence-electron chi connectivity index (χ2n) is 9.46. The zero-order chi connectivity index (χ0) is 24.7. The fraction of sp³-hybridized carbons (Fsp3) is 0.367. The summed E-state index contributed by atoms with van der Waals surface area (Å²) >= 11 is 0. The van der Waals surface area contributed by atoms with Crippen LogP contribution < -0.4 is 0 Å². The summed E-state index contributed by atoms with van der Waals surface area (Å²) in [6.45, 7) is 3.40. The number of rotatable bonds is 11. The Hall–Kier alpha value is -2.87. The van der Waals surface area contributed by atoms with E-state index in [2.05, 4.69) is 24.3 Å². The van der Waals surface area contributed by atoms with Gasteiger partial charge in [-0.25, -0.2) is 0 Å². The fourth-order valence-electron chi connectivity index (χ4n) is 5.00. The van der Waals surface area contributed by atoms with E-state index in [4.69, 9.17) is 19.0 Å². The molecule has 0 radical (unpaired) electrons. The second-order valence-corrected chi connectivity index (χ2v) is 9.46. The predicted octanol–water partition coefficient (Wildman–Crippen LogP) is 4.72. The average molecular weight is 488 g/mol. The standard InChI is InChI=1S/C30H33NO5/c1-22(32)28-17-26-29(34-19-24-13-7-3-8-14-24)30(35-20-25-15-9-4-10-16-25)27(31(26)36-28)21-33-18-23-11-5-2-6-12-23/h2-16,26-30H,17-21H2,1H3/t26-,27-,28+,29-,30-/m1/s1. The number of ketones is 1. The number of ether oxygens (including phenoxy) is 3. The smallest absolute Gasteiger partial charge is 0.160 e. The lowest BCUT2D eigenvalue weighted by Gasteiger charge is -2.28. The summed E-state index contributed by atoms with van der Waals surface area (Å²) in [7, 11) is 0. The van der Waals surface area contributed by atoms with Gasteiger partial charge in [-0.15, -0.1) is 0 Å². The minimum absolute atomic E-state index is 0.0249. The number of hydrogen-bond donors (Lipinski definition) is 0. The van der Waals surface area contributed by atoms with Crippen LogP contribution in [0.2, 0.25) is 0 Å². The quantitative estimate of drug-likeness (QED) is 0.390. The van der Waals surface area contributed by atoms with E-state index in [9.17, 15) is 4.79 Å². The van der Waals surface area contributed by atoms with Crippen molar-refractivity contribution in [1.82, 2.24) is 5.06 Å². The topological polar surface area (TPSA) is 57.2 Å². The molecular weight excluding hydrogens is 454 g/mol. The molecule has 6 heteroatoms. The summed E-state index contributed by atoms with van der Waals surface area (Å²) < 4.78 is 19.2. The number of benzene rings is 3. The Morgan fingerprint density at radius 2 is 1.28 bits per heavy atom. The van der Waals surface area contributed by atoms with Gasteiger partial charge in [0.05, 0.1) is 38.5 Å². The third kappa shape index (κ3) is 5.91. The molecule has 2 heterocycles. The van der Waals surface area contributed by atoms with Crippen molar-refractivity contribution in [3.05, 3.63) is 108 Å². The number of carbonyl (C=O) groups is 1. The number of carbonyl (C=O) groups excluding carboxylic acids is 1. The van der Waals surface area contributed by atoms with E-state index in [1.807, 2.05) is 71.8 Å². The molecule has 0 amide bonds. The van der Waals surface area contributed by atoms with Crippen LogP contribution in [0.4, 0.5) is 0 Å². The van der Waals surface area contributed by atoms with Gasteiger partial charge < -0.3 is 14.2 Å². The molecule has 188 valence electrons. The molecular formula is C30H33NO5. The van der Waals surface area contributed by atoms with Crippen LogP contribution in [0.1, 0.15) is 30.0 Å². The lowest BCUT2D eigenvalue weighted by atomic mass is 10.0. The largest absolute Gasteiger partial charge is 0.375 e. The highest BCUT2D eigenvalue weighted by Crippen LogP contribution is 2.39. The summed E-state index contributed by atoms with van der Waals surface area (Å²) in [5, 5.41) is 1.92. The van der Waals surface area contributed by atoms with Crippen molar-refractivity contribution in [3.8, 4) is 0 Å². The van der Waals surface area contributed by atoms with Gasteiger partial charge in [0.1, 0.15) is 18.3 Å². The third-order valence-electron chi connectivity index (χ3n) is 6.86. The lowest BCUT2D eigenvalue weighted by molar-refractivity contribution is -0.197. The number of hydrogen-bond acceptors (Lipinski definition) is 6. The van der Waals surface area contributed by atoms with Gasteiger partial charge in [0.25, 0.3) is 0 Å². The van der Waals surface area contributed by atoms with Crippen molar-refractivity contribution >= 4 is 5.78 Å². The number of hydroxylamine groups is 2. The maximum atomic E-state index is 12.2. The molecule has 2 fully saturated rings. The monoisotopic (exact) mass is 487 g/mol. The van der Waals surface area contributed by atoms with Crippen LogP contribution in [0, 0.1) is 0 Å². The van der Waals surface area contributed by atoms with E-state index in [1.165, 1.54) is 0 Å². The van der Waals surface area contributed by atoms with Crippen molar-refractivity contribution in [2.24, 2.45) is 0 Å². The Labute approximate surface area is 212 Å². The molecule has 0 saturated carbocycles. The second kappa shape index (κ2) is 11.9. The van der Waals surface area contributed by atoms with Gasteiger partial charge in [-0.2, -0.15) is 5.06 Å². The van der Waals surface area contributed by atoms with Crippen molar-refractivity contribution in [3.63, 3.8) is 0 Å². The summed E-state index contributed by atoms with van der Waals surface area (Å²) in [6.07, 6.45) is -0.425. The molecule has 3 aromatic carbocycles. The van der Waals surface area contributed by atoms with Crippen LogP contribution in [0.25, 0.3) is 0 Å². The van der Waals surface area contributed by atoms with E-state index in [1.54, 1.807) is 6.92 Å². The first kappa shape index (κ1) is 24.8. The molecule has 5 atom stereocenters. The molecule has 2 saturated heterocycles. The third-order valence-corrected chi connectivity index (χ3v) is 6.86. The van der Waals surface area contributed by atoms with Gasteiger partial charge in [0.2, 0.25) is 0 Å². The maximum absolute atomic E-state index is 12.2. The van der Waals surface area contributed by atoms with Gasteiger partial charge in [-0.1, -0.05) is 91.0 Å². The Kier molecular flexibility index (Phi) is 8.21. The molecule has 0 aromatic heterocycles. The van der Waals surface area contributed by atoms with E-state index in [0.29, 0.717) is 32.8 Å². The van der Waals surface area contributed by atoms with Crippen LogP contribution >= 0.6 is 0 Å². The molecule has 3 aromatic rings. The van der Waals surface area contributed by atoms with Crippen molar-refractivity contribution in [2.75, 3.05) is 6.61 Å². The molecule has 2 aliphatic rings. The molecule has 5 rings (SSSR count). The molecule has 36 heavy (non-hydrogen) atoms. The van der Waals surface area contributed by atoms with Gasteiger partial charge in [-0.05, 0) is 23.6 Å². The van der Waals surface area contributed by atoms with Gasteiger partial charge >= 0.3 is 0 Å². The van der Waals surface area contributed by atoms with Gasteiger partial charge in [0.15, 0.2) is 5.78 Å². The Morgan fingerprint density at radius 1 is 0.778 bits per heavy atom. The summed E-state index contributed by atoms with van der Waals surface area (Å²) in [4.78, 5) is 18.4. The van der Waals surface area contributed by atoms with Crippen molar-refractivity contribution in [2.45, 2.75) is 63.6 Å². The van der Waals surface area contributed by atoms with Crippen LogP contribution in [-0.4, -0.2) is 47.8 Å². The average Bonchev–Trinajstić information content (AvgIpc) is 3.46. The molecule has 2 aliphatic heterocycles. The molecule has 0 aliphatic carbocycles. The van der Waals surface area contributed by atoms with Crippen molar-refractivity contribution in [1.29, 1.82) is 0 Å². The zero-order valence-corrected chi connectivity index (χ0v) is 20.6. The highest BCUT2D eigenvalue weighted by Gasteiger charge is 2.56. The predicted molar refractivity (Wildman–Crippen MR) is 136 cm³/mol. The van der Waals surface area contributed by atoms with Gasteiger partial charge in [0, 0.05) is 6.42 Å². The normalized spacial score (nSPS) is 25.6. The molecule has 0 unspecified atom stereocenters. The number of Topliss-reactive ketones (excluding diaryl/α,β-unsaturated/α-hetero) is 1. The Balaban J connectivity index is 1.35. The summed E-state index contributed by atoms with van der Waals surface area (Å²) in [5.41, 5.74) is 3.30. The first-order chi connectivity index (χ1) is 17.7. The summed E-state index contributed by atoms with van der Waals surface area (Å²) in [6, 6.07) is 30.0. The van der Waals surface area contributed by atoms with E-state index < -0.39 is 6.10 Å². The SMILES string of the molecule is CC(=O)[C@@H]1C[C@@H]2[C@@H](OCc3ccccc3)[C@H](OCc3ccccc3)[C@@H](COCc3ccccc3)N2O1. The minimum atomic E-state index is -0.468. The summed E-state index contributed by atoms with van der Waals surface area (Å²) in [5.74, 6) is 0.0249. The Morgan fingerprint density at radius 3 is 1.81 bits per heavy atom. The van der Waals surface area contributed by atoms with E-state index in [0.717, 1.165) is 16.7 Å². The molecule has 0 spiro atoms. The highest BCUT2D eigenvalue weighted by molar-refractivity contribution is 5.80. The van der Waals surface area contributed by atoms with E-state index >= 15 is 0 Å². The lowest BCUT2D eigenvalue weighted by Crippen LogP contribution is -2.42. The molecule has 0 bridgehead atoms.